The van der Waals surface area contributed by atoms with Crippen LogP contribution in [0.3, 0.4) is 0 Å². The van der Waals surface area contributed by atoms with Crippen LogP contribution in [-0.4, -0.2) is 28.3 Å². The van der Waals surface area contributed by atoms with E-state index >= 15 is 4.39 Å². The topological polar surface area (TPSA) is 163 Å². The van der Waals surface area contributed by atoms with E-state index in [0.717, 1.165) is 37.8 Å². The Bertz CT molecular complexity index is 1320. The number of nitrogens with zero attached hydrogens (tertiary/aromatic N) is 2. The van der Waals surface area contributed by atoms with Crippen molar-refractivity contribution in [2.75, 3.05) is 5.32 Å². The standard InChI is InChI=1S/C26H31FN6O3/c1-13(23(35)31-18-9-17(33-36-18)26-10-24(2,11-26)12-26)14-4-5-15(16(27)8-14)20(28)19(22(30)34)21(29)32-25(3)6-7-25/h4-5,8-9,13H,6-7,10-12,28H2,1-3H3,(H2,29,32)(H2,30,34)(H,31,35). The zero-order valence-corrected chi connectivity index (χ0v) is 20.7. The Balaban J connectivity index is 1.31. The number of amides is 2. The molecule has 0 aliphatic heterocycles. The van der Waals surface area contributed by atoms with Gasteiger partial charge in [0.15, 0.2) is 0 Å². The highest BCUT2D eigenvalue weighted by Gasteiger charge is 2.66. The second-order valence-electron chi connectivity index (χ2n) is 11.3. The predicted octanol–water partition coefficient (Wildman–Crippen LogP) is 3.06. The first-order chi connectivity index (χ1) is 16.8. The number of halogens is 1. The second-order valence-corrected chi connectivity index (χ2v) is 11.3. The summed E-state index contributed by atoms with van der Waals surface area (Å²) in [7, 11) is 0. The van der Waals surface area contributed by atoms with E-state index < -0.39 is 17.6 Å². The van der Waals surface area contributed by atoms with E-state index in [1.165, 1.54) is 12.1 Å². The van der Waals surface area contributed by atoms with Crippen molar-refractivity contribution in [3.8, 4) is 0 Å². The van der Waals surface area contributed by atoms with Crippen LogP contribution in [-0.2, 0) is 15.0 Å². The zero-order chi connectivity index (χ0) is 26.0. The minimum Gasteiger partial charge on any atom is -0.397 e. The molecule has 1 aromatic carbocycles. The van der Waals surface area contributed by atoms with E-state index in [-0.39, 0.29) is 45.4 Å². The lowest BCUT2D eigenvalue weighted by atomic mass is 9.35. The van der Waals surface area contributed by atoms with Gasteiger partial charge in [-0.1, -0.05) is 18.1 Å². The van der Waals surface area contributed by atoms with Crippen LogP contribution in [0.25, 0.3) is 5.70 Å². The van der Waals surface area contributed by atoms with Crippen LogP contribution in [0.1, 0.15) is 75.6 Å². The van der Waals surface area contributed by atoms with Crippen LogP contribution in [0.4, 0.5) is 10.3 Å². The summed E-state index contributed by atoms with van der Waals surface area (Å²) in [5.41, 5.74) is 18.6. The number of nitrogens with two attached hydrogens (primary N) is 3. The van der Waals surface area contributed by atoms with Crippen LogP contribution < -0.4 is 22.5 Å². The molecule has 2 amide bonds. The maximum Gasteiger partial charge on any atom is 0.254 e. The summed E-state index contributed by atoms with van der Waals surface area (Å²) in [5.74, 6) is -2.52. The van der Waals surface area contributed by atoms with Gasteiger partial charge >= 0.3 is 0 Å². The Kier molecular flexibility index (Phi) is 5.28. The summed E-state index contributed by atoms with van der Waals surface area (Å²) in [6, 6.07) is 5.94. The van der Waals surface area contributed by atoms with Crippen molar-refractivity contribution in [2.45, 2.75) is 69.7 Å². The number of carbonyl (C=O) groups excluding carboxylic acids is 2. The number of aromatic nitrogens is 1. The molecule has 190 valence electrons. The van der Waals surface area contributed by atoms with E-state index in [1.54, 1.807) is 19.1 Å². The fourth-order valence-corrected chi connectivity index (χ4v) is 5.72. The Morgan fingerprint density at radius 1 is 1.14 bits per heavy atom. The minimum atomic E-state index is -0.895. The molecule has 36 heavy (non-hydrogen) atoms. The molecule has 0 saturated heterocycles. The van der Waals surface area contributed by atoms with Crippen molar-refractivity contribution in [1.29, 1.82) is 0 Å². The third kappa shape index (κ3) is 4.04. The number of aliphatic imine (C=N–C) groups is 1. The fraction of sp³-hybridized carbons (Fsp3) is 0.462. The van der Waals surface area contributed by atoms with E-state index in [0.29, 0.717) is 11.0 Å². The van der Waals surface area contributed by atoms with Gasteiger partial charge in [0.25, 0.3) is 5.91 Å². The molecule has 10 heteroatoms. The molecule has 0 spiro atoms. The number of hydrogen-bond donors (Lipinski definition) is 4. The summed E-state index contributed by atoms with van der Waals surface area (Å²) < 4.78 is 20.4. The Labute approximate surface area is 208 Å². The van der Waals surface area contributed by atoms with Crippen molar-refractivity contribution >= 4 is 29.2 Å². The van der Waals surface area contributed by atoms with Crippen molar-refractivity contribution in [3.05, 3.63) is 52.5 Å². The highest BCUT2D eigenvalue weighted by molar-refractivity contribution is 6.24. The Hall–Kier alpha value is -3.69. The molecular formula is C26H31FN6O3. The van der Waals surface area contributed by atoms with Crippen molar-refractivity contribution in [3.63, 3.8) is 0 Å². The molecule has 9 nitrogen and oxygen atoms in total. The molecule has 0 radical (unpaired) electrons. The first-order valence-electron chi connectivity index (χ1n) is 12.1. The summed E-state index contributed by atoms with van der Waals surface area (Å²) in [5, 5.41) is 6.88. The predicted molar refractivity (Wildman–Crippen MR) is 133 cm³/mol. The number of anilines is 1. The average Bonchev–Trinajstić information content (AvgIpc) is 3.29. The lowest BCUT2D eigenvalue weighted by Crippen LogP contribution is -2.62. The maximum absolute atomic E-state index is 15.1. The van der Waals surface area contributed by atoms with Crippen molar-refractivity contribution in [1.82, 2.24) is 5.16 Å². The lowest BCUT2D eigenvalue weighted by molar-refractivity contribution is -0.129. The molecule has 6 rings (SSSR count). The summed E-state index contributed by atoms with van der Waals surface area (Å²) in [4.78, 5) is 29.2. The number of rotatable bonds is 8. The summed E-state index contributed by atoms with van der Waals surface area (Å²) in [6.45, 7) is 5.81. The summed E-state index contributed by atoms with van der Waals surface area (Å²) >= 11 is 0. The third-order valence-electron chi connectivity index (χ3n) is 7.91. The molecule has 2 aromatic rings. The number of benzene rings is 1. The van der Waals surface area contributed by atoms with Gasteiger partial charge in [-0.3, -0.25) is 19.9 Å². The molecule has 7 N–H and O–H groups in total. The van der Waals surface area contributed by atoms with Gasteiger partial charge in [-0.2, -0.15) is 0 Å². The van der Waals surface area contributed by atoms with Gasteiger partial charge in [-0.05, 0) is 69.1 Å². The number of nitrogens with one attached hydrogen (secondary N) is 1. The van der Waals surface area contributed by atoms with E-state index in [2.05, 4.69) is 22.4 Å². The van der Waals surface area contributed by atoms with Gasteiger partial charge in [-0.25, -0.2) is 4.39 Å². The van der Waals surface area contributed by atoms with E-state index in [1.807, 2.05) is 6.92 Å². The molecular weight excluding hydrogens is 463 g/mol. The largest absolute Gasteiger partial charge is 0.397 e. The third-order valence-corrected chi connectivity index (χ3v) is 7.91. The van der Waals surface area contributed by atoms with Gasteiger partial charge in [0, 0.05) is 17.0 Å². The van der Waals surface area contributed by atoms with Crippen LogP contribution in [0.5, 0.6) is 0 Å². The molecule has 2 bridgehead atoms. The molecule has 1 heterocycles. The van der Waals surface area contributed by atoms with Crippen LogP contribution in [0, 0.1) is 11.2 Å². The Morgan fingerprint density at radius 2 is 1.81 bits per heavy atom. The fourth-order valence-electron chi connectivity index (χ4n) is 5.72. The van der Waals surface area contributed by atoms with E-state index in [4.69, 9.17) is 21.7 Å². The first kappa shape index (κ1) is 24.0. The SMILES string of the molecule is CC(C(=O)Nc1cc(C23CC(C)(C2)C3)no1)c1ccc(C(N)=C(C(N)=O)C(N)=NC2(C)CC2)c(F)c1. The number of carbonyl (C=O) groups is 2. The number of primary amides is 1. The van der Waals surface area contributed by atoms with Gasteiger partial charge in [0.05, 0.1) is 22.8 Å². The monoisotopic (exact) mass is 494 g/mol. The molecule has 1 atom stereocenters. The second kappa shape index (κ2) is 7.91. The molecule has 4 aliphatic rings. The van der Waals surface area contributed by atoms with Crippen molar-refractivity contribution in [2.24, 2.45) is 27.6 Å². The van der Waals surface area contributed by atoms with Gasteiger partial charge in [0.1, 0.15) is 17.2 Å². The van der Waals surface area contributed by atoms with Crippen LogP contribution in [0.2, 0.25) is 0 Å². The molecule has 1 aromatic heterocycles. The normalized spacial score (nSPS) is 27.3. The van der Waals surface area contributed by atoms with Crippen LogP contribution in [0.15, 0.2) is 39.4 Å². The summed E-state index contributed by atoms with van der Waals surface area (Å²) in [6.07, 6.45) is 4.94. The molecule has 4 saturated carbocycles. The molecule has 4 aliphatic carbocycles. The maximum atomic E-state index is 15.1. The first-order valence-corrected chi connectivity index (χ1v) is 12.1. The number of amidine groups is 1. The molecule has 1 unspecified atom stereocenters. The highest BCUT2D eigenvalue weighted by Crippen LogP contribution is 2.73. The van der Waals surface area contributed by atoms with Gasteiger partial charge in [0.2, 0.25) is 11.8 Å². The Morgan fingerprint density at radius 3 is 2.36 bits per heavy atom. The minimum absolute atomic E-state index is 0.0496. The van der Waals surface area contributed by atoms with E-state index in [9.17, 15) is 9.59 Å². The quantitative estimate of drug-likeness (QED) is 0.250. The van der Waals surface area contributed by atoms with Crippen LogP contribution >= 0.6 is 0 Å². The lowest BCUT2D eigenvalue weighted by Gasteiger charge is -2.68. The molecule has 4 fully saturated rings. The smallest absolute Gasteiger partial charge is 0.254 e. The van der Waals surface area contributed by atoms with Crippen molar-refractivity contribution < 1.29 is 18.5 Å². The van der Waals surface area contributed by atoms with Gasteiger partial charge < -0.3 is 21.7 Å². The highest BCUT2D eigenvalue weighted by atomic mass is 19.1. The number of hydrogen-bond acceptors (Lipinski definition) is 6. The van der Waals surface area contributed by atoms with Gasteiger partial charge in [-0.15, -0.1) is 0 Å². The zero-order valence-electron chi connectivity index (χ0n) is 20.7. The average molecular weight is 495 g/mol.